The van der Waals surface area contributed by atoms with Gasteiger partial charge in [0.05, 0.1) is 25.1 Å². The summed E-state index contributed by atoms with van der Waals surface area (Å²) in [5.41, 5.74) is 7.71. The molecular formula is C23H33N5O. The summed E-state index contributed by atoms with van der Waals surface area (Å²) in [6, 6.07) is 8.24. The summed E-state index contributed by atoms with van der Waals surface area (Å²) in [5.74, 6) is 2.17. The van der Waals surface area contributed by atoms with E-state index in [0.717, 1.165) is 62.6 Å². The van der Waals surface area contributed by atoms with Crippen molar-refractivity contribution in [2.24, 2.45) is 11.0 Å². The number of nitrogens with one attached hydrogen (secondary N) is 1. The fourth-order valence-corrected chi connectivity index (χ4v) is 3.52. The lowest BCUT2D eigenvalue weighted by atomic mass is 9.98. The van der Waals surface area contributed by atoms with Gasteiger partial charge in [0.25, 0.3) is 0 Å². The summed E-state index contributed by atoms with van der Waals surface area (Å²) in [6.45, 7) is 12.0. The van der Waals surface area contributed by atoms with Gasteiger partial charge in [0, 0.05) is 18.7 Å². The standard InChI is InChI=1S/C23H33N5O/c1-5-17(3)15-21-20(6-2)22(28-10-12-29-13-11-28)26-23(25-21)27-24-16-19-9-7-8-18(4)14-19/h7-9,14,16-17H,5-6,10-13,15H2,1-4H3,(H,25,26,27)/b24-16+. The molecule has 3 rings (SSSR count). The van der Waals surface area contributed by atoms with Crippen LogP contribution in [0.15, 0.2) is 29.4 Å². The molecule has 0 amide bonds. The van der Waals surface area contributed by atoms with Crippen LogP contribution in [0.2, 0.25) is 0 Å². The van der Waals surface area contributed by atoms with E-state index in [4.69, 9.17) is 14.7 Å². The van der Waals surface area contributed by atoms with Gasteiger partial charge in [0.15, 0.2) is 0 Å². The summed E-state index contributed by atoms with van der Waals surface area (Å²) < 4.78 is 5.54. The SMILES string of the molecule is CCc1c(CC(C)CC)nc(N/N=C/c2cccc(C)c2)nc1N1CCOCC1. The van der Waals surface area contributed by atoms with E-state index in [0.29, 0.717) is 11.9 Å². The Morgan fingerprint density at radius 2 is 2.03 bits per heavy atom. The Morgan fingerprint density at radius 1 is 1.24 bits per heavy atom. The van der Waals surface area contributed by atoms with E-state index < -0.39 is 0 Å². The van der Waals surface area contributed by atoms with Crippen LogP contribution < -0.4 is 10.3 Å². The smallest absolute Gasteiger partial charge is 0.245 e. The number of ether oxygens (including phenoxy) is 1. The summed E-state index contributed by atoms with van der Waals surface area (Å²) >= 11 is 0. The van der Waals surface area contributed by atoms with E-state index in [9.17, 15) is 0 Å². The molecule has 1 N–H and O–H groups in total. The molecule has 0 spiro atoms. The first-order chi connectivity index (χ1) is 14.1. The molecule has 156 valence electrons. The Balaban J connectivity index is 1.89. The fraction of sp³-hybridized carbons (Fsp3) is 0.522. The van der Waals surface area contributed by atoms with Gasteiger partial charge in [-0.1, -0.05) is 57.0 Å². The molecule has 6 heteroatoms. The van der Waals surface area contributed by atoms with Crippen LogP contribution in [-0.2, 0) is 17.6 Å². The molecule has 1 atom stereocenters. The van der Waals surface area contributed by atoms with Gasteiger partial charge in [-0.05, 0) is 31.2 Å². The molecule has 1 fully saturated rings. The van der Waals surface area contributed by atoms with Gasteiger partial charge in [-0.15, -0.1) is 0 Å². The van der Waals surface area contributed by atoms with Crippen molar-refractivity contribution in [3.05, 3.63) is 46.6 Å². The Hall–Kier alpha value is -2.47. The largest absolute Gasteiger partial charge is 0.378 e. The molecule has 0 aliphatic carbocycles. The molecule has 0 bridgehead atoms. The van der Waals surface area contributed by atoms with Gasteiger partial charge in [-0.25, -0.2) is 10.4 Å². The molecule has 29 heavy (non-hydrogen) atoms. The lowest BCUT2D eigenvalue weighted by Gasteiger charge is -2.30. The first kappa shape index (κ1) is 21.2. The minimum atomic E-state index is 0.561. The number of aryl methyl sites for hydroxylation is 1. The number of hydrogen-bond acceptors (Lipinski definition) is 6. The van der Waals surface area contributed by atoms with E-state index >= 15 is 0 Å². The molecule has 1 aromatic heterocycles. The van der Waals surface area contributed by atoms with Crippen LogP contribution in [0.3, 0.4) is 0 Å². The van der Waals surface area contributed by atoms with Crippen LogP contribution in [0.1, 0.15) is 49.6 Å². The van der Waals surface area contributed by atoms with Crippen molar-refractivity contribution in [2.45, 2.75) is 47.0 Å². The highest BCUT2D eigenvalue weighted by Gasteiger charge is 2.21. The summed E-state index contributed by atoms with van der Waals surface area (Å²) in [6.07, 6.45) is 4.82. The summed E-state index contributed by atoms with van der Waals surface area (Å²) in [5, 5.41) is 4.39. The van der Waals surface area contributed by atoms with E-state index in [2.05, 4.69) is 55.3 Å². The molecule has 2 aromatic rings. The summed E-state index contributed by atoms with van der Waals surface area (Å²) in [4.78, 5) is 12.0. The second-order valence-corrected chi connectivity index (χ2v) is 7.75. The zero-order chi connectivity index (χ0) is 20.6. The Kier molecular flexibility index (Phi) is 7.58. The minimum absolute atomic E-state index is 0.561. The van der Waals surface area contributed by atoms with Crippen LogP contribution in [0.5, 0.6) is 0 Å². The number of hydrazone groups is 1. The van der Waals surface area contributed by atoms with Gasteiger partial charge in [0.2, 0.25) is 5.95 Å². The zero-order valence-electron chi connectivity index (χ0n) is 18.1. The van der Waals surface area contributed by atoms with Crippen LogP contribution in [0.4, 0.5) is 11.8 Å². The number of morpholine rings is 1. The third kappa shape index (κ3) is 5.76. The number of aromatic nitrogens is 2. The summed E-state index contributed by atoms with van der Waals surface area (Å²) in [7, 11) is 0. The van der Waals surface area contributed by atoms with Crippen molar-refractivity contribution in [1.82, 2.24) is 9.97 Å². The van der Waals surface area contributed by atoms with E-state index in [1.165, 1.54) is 11.1 Å². The van der Waals surface area contributed by atoms with Crippen LogP contribution in [0.25, 0.3) is 0 Å². The molecule has 1 aliphatic heterocycles. The second kappa shape index (κ2) is 10.3. The van der Waals surface area contributed by atoms with E-state index in [-0.39, 0.29) is 0 Å². The van der Waals surface area contributed by atoms with Crippen molar-refractivity contribution in [3.8, 4) is 0 Å². The minimum Gasteiger partial charge on any atom is -0.378 e. The zero-order valence-corrected chi connectivity index (χ0v) is 18.1. The van der Waals surface area contributed by atoms with Crippen LogP contribution in [-0.4, -0.2) is 42.5 Å². The van der Waals surface area contributed by atoms with Crippen molar-refractivity contribution < 1.29 is 4.74 Å². The number of rotatable bonds is 8. The molecule has 2 heterocycles. The van der Waals surface area contributed by atoms with Crippen molar-refractivity contribution >= 4 is 18.0 Å². The van der Waals surface area contributed by atoms with E-state index in [1.807, 2.05) is 18.3 Å². The Morgan fingerprint density at radius 3 is 2.72 bits per heavy atom. The molecule has 1 unspecified atom stereocenters. The number of anilines is 2. The lowest BCUT2D eigenvalue weighted by Crippen LogP contribution is -2.37. The first-order valence-corrected chi connectivity index (χ1v) is 10.7. The van der Waals surface area contributed by atoms with Crippen molar-refractivity contribution in [1.29, 1.82) is 0 Å². The maximum Gasteiger partial charge on any atom is 0.245 e. The molecular weight excluding hydrogens is 362 g/mol. The normalized spacial score (nSPS) is 15.7. The highest BCUT2D eigenvalue weighted by molar-refractivity contribution is 5.80. The maximum absolute atomic E-state index is 5.54. The average Bonchev–Trinajstić information content (AvgIpc) is 2.74. The number of hydrogen-bond donors (Lipinski definition) is 1. The van der Waals surface area contributed by atoms with Crippen LogP contribution >= 0.6 is 0 Å². The predicted molar refractivity (Wildman–Crippen MR) is 120 cm³/mol. The van der Waals surface area contributed by atoms with Gasteiger partial charge in [-0.3, -0.25) is 0 Å². The van der Waals surface area contributed by atoms with Gasteiger partial charge < -0.3 is 9.64 Å². The topological polar surface area (TPSA) is 62.6 Å². The first-order valence-electron chi connectivity index (χ1n) is 10.7. The van der Waals surface area contributed by atoms with Crippen molar-refractivity contribution in [2.75, 3.05) is 36.6 Å². The molecule has 1 saturated heterocycles. The van der Waals surface area contributed by atoms with Gasteiger partial charge in [0.1, 0.15) is 5.82 Å². The van der Waals surface area contributed by atoms with Crippen molar-refractivity contribution in [3.63, 3.8) is 0 Å². The van der Waals surface area contributed by atoms with Crippen LogP contribution in [0, 0.1) is 12.8 Å². The average molecular weight is 396 g/mol. The molecule has 0 saturated carbocycles. The van der Waals surface area contributed by atoms with E-state index in [1.54, 1.807) is 0 Å². The predicted octanol–water partition coefficient (Wildman–Crippen LogP) is 4.22. The molecule has 1 aromatic carbocycles. The van der Waals surface area contributed by atoms with Gasteiger partial charge >= 0.3 is 0 Å². The lowest BCUT2D eigenvalue weighted by molar-refractivity contribution is 0.122. The Labute approximate surface area is 174 Å². The van der Waals surface area contributed by atoms with Gasteiger partial charge in [-0.2, -0.15) is 10.1 Å². The highest BCUT2D eigenvalue weighted by Crippen LogP contribution is 2.26. The molecule has 6 nitrogen and oxygen atoms in total. The number of benzene rings is 1. The Bertz CT molecular complexity index is 830. The monoisotopic (exact) mass is 395 g/mol. The fourth-order valence-electron chi connectivity index (χ4n) is 3.52. The second-order valence-electron chi connectivity index (χ2n) is 7.75. The number of nitrogens with zero attached hydrogens (tertiary/aromatic N) is 4. The molecule has 0 radical (unpaired) electrons. The quantitative estimate of drug-likeness (QED) is 0.536. The maximum atomic E-state index is 5.54. The third-order valence-corrected chi connectivity index (χ3v) is 5.39. The molecule has 1 aliphatic rings. The third-order valence-electron chi connectivity index (χ3n) is 5.39. The highest BCUT2D eigenvalue weighted by atomic mass is 16.5.